The fourth-order valence-corrected chi connectivity index (χ4v) is 2.25. The summed E-state index contributed by atoms with van der Waals surface area (Å²) in [5.41, 5.74) is 1.98. The number of benzene rings is 1. The zero-order chi connectivity index (χ0) is 18.7. The molecule has 1 aromatic carbocycles. The highest BCUT2D eigenvalue weighted by atomic mass is 16.4. The fourth-order valence-electron chi connectivity index (χ4n) is 2.25. The molecule has 8 heteroatoms. The number of hydrogen-bond donors (Lipinski definition) is 3. The van der Waals surface area contributed by atoms with Crippen molar-refractivity contribution >= 4 is 41.0 Å². The third kappa shape index (κ3) is 3.81. The van der Waals surface area contributed by atoms with Gasteiger partial charge in [0.2, 0.25) is 17.7 Å². The Morgan fingerprint density at radius 2 is 1.77 bits per heavy atom. The van der Waals surface area contributed by atoms with Crippen LogP contribution in [0, 0.1) is 0 Å². The summed E-state index contributed by atoms with van der Waals surface area (Å²) in [6.45, 7) is 1.31. The topological polar surface area (TPSA) is 125 Å². The molecule has 0 atom stereocenters. The molecule has 3 aromatic rings. The van der Waals surface area contributed by atoms with Crippen LogP contribution >= 0.6 is 0 Å². The first-order chi connectivity index (χ1) is 12.4. The molecule has 0 bridgehead atoms. The van der Waals surface area contributed by atoms with Crippen LogP contribution in [-0.2, 0) is 4.79 Å². The fraction of sp³-hybridized carbons (Fsp3) is 0.0556. The first kappa shape index (κ1) is 17.0. The van der Waals surface area contributed by atoms with E-state index in [-0.39, 0.29) is 28.9 Å². The number of carbonyl (C=O) groups excluding carboxylic acids is 1. The molecule has 1 amide bonds. The molecule has 3 rings (SSSR count). The second-order valence-corrected chi connectivity index (χ2v) is 5.45. The molecule has 0 unspecified atom stereocenters. The summed E-state index contributed by atoms with van der Waals surface area (Å²) in [5.74, 6) is -1.63. The zero-order valence-corrected chi connectivity index (χ0v) is 13.7. The molecule has 0 fully saturated rings. The summed E-state index contributed by atoms with van der Waals surface area (Å²) in [4.78, 5) is 34.0. The summed E-state index contributed by atoms with van der Waals surface area (Å²) in [5, 5.41) is 21.7. The number of fused-ring (bicyclic) bond motifs is 1. The Labute approximate surface area is 147 Å². The maximum atomic E-state index is 11.1. The van der Waals surface area contributed by atoms with E-state index >= 15 is 0 Å². The molecule has 0 radical (unpaired) electrons. The van der Waals surface area contributed by atoms with Gasteiger partial charge in [0, 0.05) is 13.1 Å². The van der Waals surface area contributed by atoms with Crippen molar-refractivity contribution in [1.29, 1.82) is 0 Å². The first-order valence-corrected chi connectivity index (χ1v) is 7.58. The lowest BCUT2D eigenvalue weighted by molar-refractivity contribution is -0.114. The Bertz CT molecular complexity index is 1030. The molecule has 0 saturated carbocycles. The Balaban J connectivity index is 1.87. The summed E-state index contributed by atoms with van der Waals surface area (Å²) < 4.78 is 0. The van der Waals surface area contributed by atoms with E-state index in [2.05, 4.69) is 20.3 Å². The van der Waals surface area contributed by atoms with E-state index in [1.165, 1.54) is 19.1 Å². The lowest BCUT2D eigenvalue weighted by Gasteiger charge is -2.04. The molecule has 2 heterocycles. The minimum absolute atomic E-state index is 0.0168. The predicted molar refractivity (Wildman–Crippen MR) is 95.6 cm³/mol. The number of pyridine rings is 1. The van der Waals surface area contributed by atoms with Crippen LogP contribution in [0.3, 0.4) is 0 Å². The van der Waals surface area contributed by atoms with Crippen molar-refractivity contribution in [2.45, 2.75) is 6.92 Å². The van der Waals surface area contributed by atoms with Gasteiger partial charge in [-0.3, -0.25) is 10.1 Å². The Hall–Kier alpha value is -3.81. The second kappa shape index (κ2) is 6.98. The summed E-state index contributed by atoms with van der Waals surface area (Å²) in [7, 11) is 0. The smallest absolute Gasteiger partial charge is 0.335 e. The molecule has 0 aliphatic carbocycles. The van der Waals surface area contributed by atoms with Crippen LogP contribution in [-0.4, -0.2) is 37.0 Å². The van der Waals surface area contributed by atoms with Crippen molar-refractivity contribution in [3.8, 4) is 5.88 Å². The van der Waals surface area contributed by atoms with E-state index in [0.29, 0.717) is 10.9 Å². The van der Waals surface area contributed by atoms with Gasteiger partial charge < -0.3 is 10.2 Å². The Morgan fingerprint density at radius 1 is 1.08 bits per heavy atom. The van der Waals surface area contributed by atoms with E-state index < -0.39 is 5.97 Å². The van der Waals surface area contributed by atoms with Crippen LogP contribution in [0.25, 0.3) is 23.2 Å². The lowest BCUT2D eigenvalue weighted by Crippen LogP contribution is -2.09. The second-order valence-electron chi connectivity index (χ2n) is 5.45. The number of carbonyl (C=O) groups is 2. The van der Waals surface area contributed by atoms with Crippen molar-refractivity contribution in [1.82, 2.24) is 15.0 Å². The van der Waals surface area contributed by atoms with Gasteiger partial charge in [-0.2, -0.15) is 9.97 Å². The van der Waals surface area contributed by atoms with E-state index in [9.17, 15) is 14.7 Å². The molecule has 0 spiro atoms. The molecule has 3 N–H and O–H groups in total. The summed E-state index contributed by atoms with van der Waals surface area (Å²) in [6.07, 6.45) is 5.12. The molecule has 130 valence electrons. The molecular weight excluding hydrogens is 336 g/mol. The van der Waals surface area contributed by atoms with Gasteiger partial charge in [0.1, 0.15) is 0 Å². The number of aromatic hydroxyl groups is 1. The zero-order valence-electron chi connectivity index (χ0n) is 13.7. The van der Waals surface area contributed by atoms with Crippen molar-refractivity contribution in [3.63, 3.8) is 0 Å². The Morgan fingerprint density at radius 3 is 2.42 bits per heavy atom. The summed E-state index contributed by atoms with van der Waals surface area (Å²) in [6, 6.07) is 8.08. The Kier molecular flexibility index (Phi) is 4.57. The number of aromatic nitrogens is 3. The number of carboxylic acids is 1. The average molecular weight is 350 g/mol. The first-order valence-electron chi connectivity index (χ1n) is 7.58. The lowest BCUT2D eigenvalue weighted by atomic mass is 10.1. The van der Waals surface area contributed by atoms with Gasteiger partial charge in [-0.15, -0.1) is 0 Å². The van der Waals surface area contributed by atoms with E-state index in [1.54, 1.807) is 36.5 Å². The highest BCUT2D eigenvalue weighted by Gasteiger charge is 2.09. The van der Waals surface area contributed by atoms with E-state index in [4.69, 9.17) is 5.11 Å². The third-order valence-corrected chi connectivity index (χ3v) is 3.47. The van der Waals surface area contributed by atoms with Gasteiger partial charge in [0.15, 0.2) is 5.65 Å². The number of amides is 1. The molecule has 26 heavy (non-hydrogen) atoms. The maximum absolute atomic E-state index is 11.1. The van der Waals surface area contributed by atoms with Crippen LogP contribution in [0.4, 0.5) is 5.95 Å². The SMILES string of the molecule is CC(=O)Nc1nc(O)c2cc(/C=C/c3ccc(C(=O)O)cc3)cnc2n1. The normalized spacial score (nSPS) is 11.0. The quantitative estimate of drug-likeness (QED) is 0.660. The number of nitrogens with one attached hydrogen (secondary N) is 1. The number of aromatic carboxylic acids is 1. The minimum atomic E-state index is -0.978. The minimum Gasteiger partial charge on any atom is -0.493 e. The molecule has 0 aliphatic rings. The van der Waals surface area contributed by atoms with Crippen LogP contribution in [0.1, 0.15) is 28.4 Å². The van der Waals surface area contributed by atoms with Crippen molar-refractivity contribution in [3.05, 3.63) is 53.2 Å². The number of hydrogen-bond acceptors (Lipinski definition) is 6. The van der Waals surface area contributed by atoms with E-state index in [1.807, 2.05) is 0 Å². The van der Waals surface area contributed by atoms with Crippen molar-refractivity contribution in [2.24, 2.45) is 0 Å². The monoisotopic (exact) mass is 350 g/mol. The highest BCUT2D eigenvalue weighted by Crippen LogP contribution is 2.23. The van der Waals surface area contributed by atoms with Crippen LogP contribution in [0.5, 0.6) is 5.88 Å². The van der Waals surface area contributed by atoms with Crippen molar-refractivity contribution in [2.75, 3.05) is 5.32 Å². The molecule has 2 aromatic heterocycles. The van der Waals surface area contributed by atoms with Crippen molar-refractivity contribution < 1.29 is 19.8 Å². The molecule has 8 nitrogen and oxygen atoms in total. The van der Waals surface area contributed by atoms with Gasteiger partial charge in [-0.1, -0.05) is 24.3 Å². The summed E-state index contributed by atoms with van der Waals surface area (Å²) >= 11 is 0. The van der Waals surface area contributed by atoms with Gasteiger partial charge >= 0.3 is 5.97 Å². The van der Waals surface area contributed by atoms with Gasteiger partial charge in [-0.25, -0.2) is 9.78 Å². The predicted octanol–water partition coefficient (Wildman–Crippen LogP) is 2.56. The maximum Gasteiger partial charge on any atom is 0.335 e. The van der Waals surface area contributed by atoms with Crippen LogP contribution in [0.15, 0.2) is 36.5 Å². The number of nitrogens with zero attached hydrogens (tertiary/aromatic N) is 3. The largest absolute Gasteiger partial charge is 0.493 e. The van der Waals surface area contributed by atoms with Gasteiger partial charge in [0.25, 0.3) is 0 Å². The van der Waals surface area contributed by atoms with E-state index in [0.717, 1.165) is 5.56 Å². The number of anilines is 1. The molecule has 0 aliphatic heterocycles. The molecule has 0 saturated heterocycles. The number of rotatable bonds is 4. The van der Waals surface area contributed by atoms with Gasteiger partial charge in [-0.05, 0) is 29.3 Å². The highest BCUT2D eigenvalue weighted by molar-refractivity contribution is 5.90. The third-order valence-electron chi connectivity index (χ3n) is 3.47. The van der Waals surface area contributed by atoms with Crippen LogP contribution < -0.4 is 5.32 Å². The standard InChI is InChI=1S/C18H14N4O4/c1-10(23)20-18-21-15-14(16(24)22-18)8-12(9-19-15)3-2-11-4-6-13(7-5-11)17(25)26/h2-9H,1H3,(H,25,26)(H2,19,20,21,22,23,24)/b3-2+. The van der Waals surface area contributed by atoms with Crippen LogP contribution in [0.2, 0.25) is 0 Å². The average Bonchev–Trinajstić information content (AvgIpc) is 2.60. The number of carboxylic acid groups (broad SMARTS) is 1. The van der Waals surface area contributed by atoms with Gasteiger partial charge in [0.05, 0.1) is 10.9 Å². The molecular formula is C18H14N4O4.